The maximum Gasteiger partial charge on any atom is 0.146 e. The van der Waals surface area contributed by atoms with E-state index < -0.39 is 12.3 Å². The molecule has 1 unspecified atom stereocenters. The van der Waals surface area contributed by atoms with Gasteiger partial charge < -0.3 is 16.6 Å². The van der Waals surface area contributed by atoms with Gasteiger partial charge in [0.1, 0.15) is 12.0 Å². The Kier molecular flexibility index (Phi) is 4.18. The zero-order valence-corrected chi connectivity index (χ0v) is 6.08. The minimum absolute atomic E-state index is 0.0688. The normalized spacial score (nSPS) is 16.4. The molecule has 0 saturated heterocycles. The van der Waals surface area contributed by atoms with E-state index in [4.69, 9.17) is 16.6 Å². The average molecular weight is 146 g/mol. The Labute approximate surface area is 60.2 Å². The molecule has 2 atom stereocenters. The molecular weight excluding hydrogens is 132 g/mol. The highest BCUT2D eigenvalue weighted by Gasteiger charge is 2.08. The second-order valence-corrected chi connectivity index (χ2v) is 2.36. The van der Waals surface area contributed by atoms with Crippen LogP contribution in [0, 0.1) is 0 Å². The number of hydrogen-bond donors (Lipinski definition) is 3. The third-order valence-corrected chi connectivity index (χ3v) is 1.30. The summed E-state index contributed by atoms with van der Waals surface area (Å²) >= 11 is 0. The fourth-order valence-electron chi connectivity index (χ4n) is 0.554. The molecule has 0 saturated carbocycles. The Morgan fingerprint density at radius 3 is 2.30 bits per heavy atom. The van der Waals surface area contributed by atoms with E-state index in [-0.39, 0.29) is 5.78 Å². The quantitative estimate of drug-likeness (QED) is 0.442. The van der Waals surface area contributed by atoms with Crippen LogP contribution in [0.1, 0.15) is 19.8 Å². The van der Waals surface area contributed by atoms with E-state index in [2.05, 4.69) is 0 Å². The molecule has 4 heteroatoms. The molecule has 0 aromatic heterocycles. The van der Waals surface area contributed by atoms with Gasteiger partial charge in [-0.3, -0.25) is 4.79 Å². The molecule has 0 radical (unpaired) electrons. The van der Waals surface area contributed by atoms with Crippen molar-refractivity contribution in [2.75, 3.05) is 0 Å². The monoisotopic (exact) mass is 146 g/mol. The lowest BCUT2D eigenvalue weighted by molar-refractivity contribution is -0.118. The van der Waals surface area contributed by atoms with Crippen LogP contribution in [0.15, 0.2) is 0 Å². The lowest BCUT2D eigenvalue weighted by atomic mass is 10.1. The Morgan fingerprint density at radius 1 is 1.50 bits per heavy atom. The third kappa shape index (κ3) is 4.43. The highest BCUT2D eigenvalue weighted by molar-refractivity contribution is 5.80. The topological polar surface area (TPSA) is 89.3 Å². The Bertz CT molecular complexity index is 114. The summed E-state index contributed by atoms with van der Waals surface area (Å²) in [7, 11) is 0. The van der Waals surface area contributed by atoms with E-state index >= 15 is 0 Å². The standard InChI is InChI=1S/C6H14N2O2/c1-4(9)5(7)2-3-6(8)10/h5-6,10H,2-3,7-8H2,1H3/t5-,6?/m1/s1. The molecule has 0 aliphatic heterocycles. The van der Waals surface area contributed by atoms with E-state index in [1.165, 1.54) is 6.92 Å². The van der Waals surface area contributed by atoms with Crippen LogP contribution in [-0.2, 0) is 4.79 Å². The van der Waals surface area contributed by atoms with Gasteiger partial charge in [-0.2, -0.15) is 0 Å². The van der Waals surface area contributed by atoms with Gasteiger partial charge in [-0.15, -0.1) is 0 Å². The van der Waals surface area contributed by atoms with Crippen molar-refractivity contribution in [1.29, 1.82) is 0 Å². The lowest BCUT2D eigenvalue weighted by Gasteiger charge is -2.08. The average Bonchev–Trinajstić information content (AvgIpc) is 1.82. The van der Waals surface area contributed by atoms with Crippen LogP contribution < -0.4 is 11.5 Å². The fourth-order valence-corrected chi connectivity index (χ4v) is 0.554. The first-order chi connectivity index (χ1) is 4.54. The van der Waals surface area contributed by atoms with Crippen LogP contribution >= 0.6 is 0 Å². The number of hydrogen-bond acceptors (Lipinski definition) is 4. The van der Waals surface area contributed by atoms with E-state index in [0.29, 0.717) is 12.8 Å². The molecule has 0 bridgehead atoms. The lowest BCUT2D eigenvalue weighted by Crippen LogP contribution is -2.31. The molecule has 4 nitrogen and oxygen atoms in total. The van der Waals surface area contributed by atoms with Crippen molar-refractivity contribution in [2.24, 2.45) is 11.5 Å². The molecule has 10 heavy (non-hydrogen) atoms. The SMILES string of the molecule is CC(=O)[C@H](N)CCC(N)O. The minimum atomic E-state index is -0.856. The number of carbonyl (C=O) groups is 1. The molecule has 0 heterocycles. The highest BCUT2D eigenvalue weighted by Crippen LogP contribution is 1.96. The summed E-state index contributed by atoms with van der Waals surface area (Å²) in [5, 5.41) is 8.59. The predicted molar refractivity (Wildman–Crippen MR) is 38.1 cm³/mol. The van der Waals surface area contributed by atoms with Crippen molar-refractivity contribution in [3.8, 4) is 0 Å². The third-order valence-electron chi connectivity index (χ3n) is 1.30. The van der Waals surface area contributed by atoms with Crippen LogP contribution in [0.4, 0.5) is 0 Å². The molecule has 0 aliphatic rings. The highest BCUT2D eigenvalue weighted by atomic mass is 16.3. The van der Waals surface area contributed by atoms with Crippen molar-refractivity contribution in [3.63, 3.8) is 0 Å². The summed E-state index contributed by atoms with van der Waals surface area (Å²) in [6.45, 7) is 1.42. The van der Waals surface area contributed by atoms with Crippen LogP contribution in [0.25, 0.3) is 0 Å². The predicted octanol–water partition coefficient (Wildman–Crippen LogP) is -1.04. The number of carbonyl (C=O) groups excluding carboxylic acids is 1. The molecule has 0 fully saturated rings. The first-order valence-electron chi connectivity index (χ1n) is 3.23. The minimum Gasteiger partial charge on any atom is -0.379 e. The van der Waals surface area contributed by atoms with Gasteiger partial charge in [0.25, 0.3) is 0 Å². The van der Waals surface area contributed by atoms with Crippen molar-refractivity contribution in [2.45, 2.75) is 32.0 Å². The molecule has 0 amide bonds. The number of Topliss-reactive ketones (excluding diaryl/α,β-unsaturated/α-hetero) is 1. The summed E-state index contributed by atoms with van der Waals surface area (Å²) in [5.41, 5.74) is 10.4. The van der Waals surface area contributed by atoms with Crippen LogP contribution in [0.2, 0.25) is 0 Å². The van der Waals surface area contributed by atoms with Gasteiger partial charge in [-0.25, -0.2) is 0 Å². The molecule has 0 aromatic rings. The van der Waals surface area contributed by atoms with Gasteiger partial charge in [0.05, 0.1) is 6.04 Å². The maximum atomic E-state index is 10.5. The molecule has 0 aromatic carbocycles. The molecule has 0 aliphatic carbocycles. The summed E-state index contributed by atoms with van der Waals surface area (Å²) in [4.78, 5) is 10.5. The number of aliphatic hydroxyl groups excluding tert-OH is 1. The van der Waals surface area contributed by atoms with Gasteiger partial charge in [0.15, 0.2) is 0 Å². The Hall–Kier alpha value is -0.450. The first-order valence-corrected chi connectivity index (χ1v) is 3.23. The van der Waals surface area contributed by atoms with E-state index in [9.17, 15) is 4.79 Å². The second-order valence-electron chi connectivity index (χ2n) is 2.36. The van der Waals surface area contributed by atoms with Gasteiger partial charge >= 0.3 is 0 Å². The summed E-state index contributed by atoms with van der Waals surface area (Å²) in [6.07, 6.45) is -0.0290. The van der Waals surface area contributed by atoms with Gasteiger partial charge in [-0.1, -0.05) is 0 Å². The van der Waals surface area contributed by atoms with Crippen molar-refractivity contribution >= 4 is 5.78 Å². The van der Waals surface area contributed by atoms with Crippen LogP contribution in [0.5, 0.6) is 0 Å². The number of nitrogens with two attached hydrogens (primary N) is 2. The fraction of sp³-hybridized carbons (Fsp3) is 0.833. The van der Waals surface area contributed by atoms with Gasteiger partial charge in [0, 0.05) is 0 Å². The van der Waals surface area contributed by atoms with Gasteiger partial charge in [-0.05, 0) is 19.8 Å². The van der Waals surface area contributed by atoms with E-state index in [1.807, 2.05) is 0 Å². The number of aliphatic hydroxyl groups is 1. The second kappa shape index (κ2) is 4.38. The Morgan fingerprint density at radius 2 is 2.00 bits per heavy atom. The summed E-state index contributed by atoms with van der Waals surface area (Å²) in [5.74, 6) is -0.0688. The molecule has 5 N–H and O–H groups in total. The van der Waals surface area contributed by atoms with Crippen molar-refractivity contribution in [1.82, 2.24) is 0 Å². The van der Waals surface area contributed by atoms with E-state index in [1.54, 1.807) is 0 Å². The smallest absolute Gasteiger partial charge is 0.146 e. The van der Waals surface area contributed by atoms with Crippen molar-refractivity contribution in [3.05, 3.63) is 0 Å². The largest absolute Gasteiger partial charge is 0.379 e. The molecule has 60 valence electrons. The van der Waals surface area contributed by atoms with Crippen molar-refractivity contribution < 1.29 is 9.90 Å². The molecule has 0 rings (SSSR count). The molecular formula is C6H14N2O2. The summed E-state index contributed by atoms with van der Waals surface area (Å²) in [6, 6.07) is -0.474. The number of rotatable bonds is 4. The van der Waals surface area contributed by atoms with E-state index in [0.717, 1.165) is 0 Å². The zero-order chi connectivity index (χ0) is 8.15. The zero-order valence-electron chi connectivity index (χ0n) is 6.08. The first kappa shape index (κ1) is 9.55. The number of ketones is 1. The van der Waals surface area contributed by atoms with Crippen LogP contribution in [-0.4, -0.2) is 23.2 Å². The maximum absolute atomic E-state index is 10.5. The Balaban J connectivity index is 3.40. The molecule has 0 spiro atoms. The van der Waals surface area contributed by atoms with Gasteiger partial charge in [0.2, 0.25) is 0 Å². The summed E-state index contributed by atoms with van der Waals surface area (Å²) < 4.78 is 0. The van der Waals surface area contributed by atoms with Crippen LogP contribution in [0.3, 0.4) is 0 Å².